The number of carbonyl (C=O) groups is 1. The van der Waals surface area contributed by atoms with Crippen LogP contribution in [0.3, 0.4) is 0 Å². The number of anilines is 1. The summed E-state index contributed by atoms with van der Waals surface area (Å²) in [6, 6.07) is 12.4. The van der Waals surface area contributed by atoms with Crippen LogP contribution in [0, 0.1) is 12.7 Å². The Morgan fingerprint density at radius 1 is 1.20 bits per heavy atom. The molecule has 1 atom stereocenters. The van der Waals surface area contributed by atoms with Crippen molar-refractivity contribution in [3.63, 3.8) is 0 Å². The molecule has 0 bridgehead atoms. The lowest BCUT2D eigenvalue weighted by atomic mass is 9.99. The second-order valence-electron chi connectivity index (χ2n) is 6.53. The van der Waals surface area contributed by atoms with Crippen LogP contribution < -0.4 is 5.32 Å². The monoisotopic (exact) mass is 360 g/mol. The smallest absolute Gasteiger partial charge is 0.317 e. The van der Waals surface area contributed by atoms with Crippen LogP contribution in [0.5, 0.6) is 0 Å². The lowest BCUT2D eigenvalue weighted by Gasteiger charge is -2.31. The van der Waals surface area contributed by atoms with Gasteiger partial charge in [0.25, 0.3) is 0 Å². The molecule has 2 amide bonds. The van der Waals surface area contributed by atoms with Gasteiger partial charge in [0.2, 0.25) is 0 Å². The SMILES string of the molecule is Cc1cccc(C2CCCCCN2C(=O)Nc2ccc(F)c(Cl)c2)c1. The van der Waals surface area contributed by atoms with E-state index in [1.807, 2.05) is 11.0 Å². The first-order chi connectivity index (χ1) is 12.0. The van der Waals surface area contributed by atoms with E-state index in [2.05, 4.69) is 30.4 Å². The van der Waals surface area contributed by atoms with Crippen LogP contribution in [0.1, 0.15) is 42.9 Å². The zero-order valence-electron chi connectivity index (χ0n) is 14.3. The molecule has 25 heavy (non-hydrogen) atoms. The van der Waals surface area contributed by atoms with Gasteiger partial charge in [-0.15, -0.1) is 0 Å². The second kappa shape index (κ2) is 7.87. The number of nitrogens with zero attached hydrogens (tertiary/aromatic N) is 1. The van der Waals surface area contributed by atoms with Crippen molar-refractivity contribution >= 4 is 23.3 Å². The van der Waals surface area contributed by atoms with Gasteiger partial charge in [-0.2, -0.15) is 0 Å². The van der Waals surface area contributed by atoms with Crippen molar-refractivity contribution in [1.82, 2.24) is 4.90 Å². The van der Waals surface area contributed by atoms with Gasteiger partial charge in [-0.1, -0.05) is 54.3 Å². The van der Waals surface area contributed by atoms with E-state index < -0.39 is 5.82 Å². The van der Waals surface area contributed by atoms with Crippen molar-refractivity contribution in [3.05, 3.63) is 64.4 Å². The molecular weight excluding hydrogens is 339 g/mol. The Labute approximate surface area is 152 Å². The highest BCUT2D eigenvalue weighted by Gasteiger charge is 2.27. The van der Waals surface area contributed by atoms with Crippen molar-refractivity contribution in [2.75, 3.05) is 11.9 Å². The van der Waals surface area contributed by atoms with Gasteiger partial charge in [-0.3, -0.25) is 0 Å². The molecule has 5 heteroatoms. The number of hydrogen-bond donors (Lipinski definition) is 1. The van der Waals surface area contributed by atoms with Crippen molar-refractivity contribution in [3.8, 4) is 0 Å². The maximum absolute atomic E-state index is 13.3. The van der Waals surface area contributed by atoms with E-state index in [1.54, 1.807) is 0 Å². The Kier molecular flexibility index (Phi) is 5.59. The molecule has 132 valence electrons. The van der Waals surface area contributed by atoms with Gasteiger partial charge in [0.05, 0.1) is 11.1 Å². The average molecular weight is 361 g/mol. The highest BCUT2D eigenvalue weighted by Crippen LogP contribution is 2.31. The van der Waals surface area contributed by atoms with Crippen LogP contribution in [0.2, 0.25) is 5.02 Å². The maximum Gasteiger partial charge on any atom is 0.322 e. The number of likely N-dealkylation sites (tertiary alicyclic amines) is 1. The average Bonchev–Trinajstić information content (AvgIpc) is 2.84. The Hall–Kier alpha value is -2.07. The first kappa shape index (κ1) is 17.7. The summed E-state index contributed by atoms with van der Waals surface area (Å²) in [5.41, 5.74) is 2.85. The topological polar surface area (TPSA) is 32.3 Å². The fourth-order valence-electron chi connectivity index (χ4n) is 3.34. The molecular formula is C20H22ClFN2O. The Morgan fingerprint density at radius 3 is 2.80 bits per heavy atom. The normalized spacial score (nSPS) is 17.9. The van der Waals surface area contributed by atoms with E-state index >= 15 is 0 Å². The minimum absolute atomic E-state index is 0.00361. The van der Waals surface area contributed by atoms with Crippen molar-refractivity contribution in [2.24, 2.45) is 0 Å². The molecule has 0 radical (unpaired) electrons. The van der Waals surface area contributed by atoms with E-state index in [-0.39, 0.29) is 17.1 Å². The minimum Gasteiger partial charge on any atom is -0.317 e. The summed E-state index contributed by atoms with van der Waals surface area (Å²) in [4.78, 5) is 14.8. The number of carbonyl (C=O) groups excluding carboxylic acids is 1. The lowest BCUT2D eigenvalue weighted by molar-refractivity contribution is 0.189. The quantitative estimate of drug-likeness (QED) is 0.706. The van der Waals surface area contributed by atoms with E-state index in [1.165, 1.54) is 23.8 Å². The van der Waals surface area contributed by atoms with Crippen molar-refractivity contribution in [2.45, 2.75) is 38.6 Å². The van der Waals surface area contributed by atoms with Gasteiger partial charge in [0.1, 0.15) is 5.82 Å². The molecule has 1 aliphatic heterocycles. The standard InChI is InChI=1S/C20H22ClFN2O/c1-14-6-5-7-15(12-14)19-8-3-2-4-11-24(19)20(25)23-16-9-10-18(22)17(21)13-16/h5-7,9-10,12-13,19H,2-4,8,11H2,1H3,(H,23,25). The fourth-order valence-corrected chi connectivity index (χ4v) is 3.53. The summed E-state index contributed by atoms with van der Waals surface area (Å²) in [5, 5.41) is 2.86. The molecule has 3 rings (SSSR count). The molecule has 0 aromatic heterocycles. The summed E-state index contributed by atoms with van der Waals surface area (Å²) < 4.78 is 13.3. The Morgan fingerprint density at radius 2 is 2.04 bits per heavy atom. The summed E-state index contributed by atoms with van der Waals surface area (Å²) in [5.74, 6) is -0.493. The summed E-state index contributed by atoms with van der Waals surface area (Å²) in [7, 11) is 0. The molecule has 1 N–H and O–H groups in total. The van der Waals surface area contributed by atoms with Crippen LogP contribution in [-0.2, 0) is 0 Å². The number of rotatable bonds is 2. The predicted octanol–water partition coefficient (Wildman–Crippen LogP) is 5.94. The van der Waals surface area contributed by atoms with Crippen LogP contribution in [0.4, 0.5) is 14.9 Å². The zero-order chi connectivity index (χ0) is 17.8. The van der Waals surface area contributed by atoms with E-state index in [0.717, 1.165) is 31.2 Å². The number of amides is 2. The van der Waals surface area contributed by atoms with Gasteiger partial charge in [0.15, 0.2) is 0 Å². The van der Waals surface area contributed by atoms with Gasteiger partial charge < -0.3 is 10.2 Å². The molecule has 0 spiro atoms. The van der Waals surface area contributed by atoms with Gasteiger partial charge in [-0.05, 0) is 43.5 Å². The molecule has 1 heterocycles. The summed E-state index contributed by atoms with van der Waals surface area (Å²) >= 11 is 5.81. The number of halogens is 2. The molecule has 0 aliphatic carbocycles. The van der Waals surface area contributed by atoms with Gasteiger partial charge in [-0.25, -0.2) is 9.18 Å². The van der Waals surface area contributed by atoms with Gasteiger partial charge in [0, 0.05) is 12.2 Å². The van der Waals surface area contributed by atoms with E-state index in [0.29, 0.717) is 12.2 Å². The third-order valence-electron chi connectivity index (χ3n) is 4.61. The molecule has 3 nitrogen and oxygen atoms in total. The molecule has 1 unspecified atom stereocenters. The number of benzene rings is 2. The molecule has 0 saturated carbocycles. The third kappa shape index (κ3) is 4.31. The number of urea groups is 1. The van der Waals surface area contributed by atoms with Crippen LogP contribution in [0.15, 0.2) is 42.5 Å². The lowest BCUT2D eigenvalue weighted by Crippen LogP contribution is -2.38. The van der Waals surface area contributed by atoms with Crippen molar-refractivity contribution < 1.29 is 9.18 Å². The second-order valence-corrected chi connectivity index (χ2v) is 6.94. The summed E-state index contributed by atoms with van der Waals surface area (Å²) in [6.07, 6.45) is 4.15. The molecule has 1 fully saturated rings. The Balaban J connectivity index is 1.82. The molecule has 1 saturated heterocycles. The van der Waals surface area contributed by atoms with E-state index in [9.17, 15) is 9.18 Å². The Bertz CT molecular complexity index is 765. The summed E-state index contributed by atoms with van der Waals surface area (Å²) in [6.45, 7) is 2.77. The predicted molar refractivity (Wildman–Crippen MR) is 99.5 cm³/mol. The fraction of sp³-hybridized carbons (Fsp3) is 0.350. The number of nitrogens with one attached hydrogen (secondary N) is 1. The van der Waals surface area contributed by atoms with Gasteiger partial charge >= 0.3 is 6.03 Å². The number of hydrogen-bond acceptors (Lipinski definition) is 1. The van der Waals surface area contributed by atoms with Crippen LogP contribution >= 0.6 is 11.6 Å². The minimum atomic E-state index is -0.493. The first-order valence-corrected chi connectivity index (χ1v) is 9.01. The maximum atomic E-state index is 13.3. The third-order valence-corrected chi connectivity index (χ3v) is 4.90. The highest BCUT2D eigenvalue weighted by atomic mass is 35.5. The highest BCUT2D eigenvalue weighted by molar-refractivity contribution is 6.31. The molecule has 1 aliphatic rings. The zero-order valence-corrected chi connectivity index (χ0v) is 15.0. The molecule has 2 aromatic rings. The number of aryl methyl sites for hydroxylation is 1. The van der Waals surface area contributed by atoms with E-state index in [4.69, 9.17) is 11.6 Å². The van der Waals surface area contributed by atoms with Crippen LogP contribution in [-0.4, -0.2) is 17.5 Å². The van der Waals surface area contributed by atoms with Crippen molar-refractivity contribution in [1.29, 1.82) is 0 Å². The van der Waals surface area contributed by atoms with Crippen LogP contribution in [0.25, 0.3) is 0 Å². The largest absolute Gasteiger partial charge is 0.322 e. The first-order valence-electron chi connectivity index (χ1n) is 8.64. The molecule has 2 aromatic carbocycles.